The number of H-pyrrole nitrogens is 1. The van der Waals surface area contributed by atoms with Crippen LogP contribution in [0.4, 0.5) is 0 Å². The second kappa shape index (κ2) is 15.0. The van der Waals surface area contributed by atoms with E-state index in [4.69, 9.17) is 28.1 Å². The van der Waals surface area contributed by atoms with Crippen LogP contribution in [0.15, 0.2) is 12.1 Å². The third-order valence-corrected chi connectivity index (χ3v) is 8.86. The molecule has 5 rings (SSSR count). The summed E-state index contributed by atoms with van der Waals surface area (Å²) in [6.45, 7) is 17.7. The van der Waals surface area contributed by atoms with Gasteiger partial charge in [-0.25, -0.2) is 28.0 Å². The van der Waals surface area contributed by atoms with Crippen molar-refractivity contribution >= 4 is 22.6 Å². The number of carbonyl (C=O) groups is 1. The summed E-state index contributed by atoms with van der Waals surface area (Å²) in [7, 11) is -4.94. The number of carbonyl (C=O) groups excluding carboxylic acids is 1. The molecular weight excluding hydrogens is 562 g/mol. The molecule has 4 heterocycles. The van der Waals surface area contributed by atoms with E-state index in [0.29, 0.717) is 18.1 Å². The maximum absolute atomic E-state index is 12.6. The first kappa shape index (κ1) is 34.3. The minimum Gasteiger partial charge on any atom is -0.472 e. The topological polar surface area (TPSA) is 150 Å². The van der Waals surface area contributed by atoms with Crippen molar-refractivity contribution in [1.29, 1.82) is 0 Å². The van der Waals surface area contributed by atoms with Crippen LogP contribution in [0.5, 0.6) is 5.75 Å². The van der Waals surface area contributed by atoms with E-state index in [0.717, 1.165) is 60.3 Å². The lowest BCUT2D eigenvalue weighted by atomic mass is 9.76. The number of likely N-dealkylation sites (tertiary alicyclic amines) is 1. The van der Waals surface area contributed by atoms with E-state index >= 15 is 0 Å². The first-order valence-electron chi connectivity index (χ1n) is 15.4. The molecule has 3 aliphatic heterocycles. The Labute approximate surface area is 252 Å². The number of rotatable bonds is 6. The summed E-state index contributed by atoms with van der Waals surface area (Å²) < 4.78 is 48.6. The Morgan fingerprint density at radius 3 is 2.43 bits per heavy atom. The molecule has 0 bridgehead atoms. The second-order valence-corrected chi connectivity index (χ2v) is 11.8. The van der Waals surface area contributed by atoms with E-state index in [1.54, 1.807) is 5.71 Å². The summed E-state index contributed by atoms with van der Waals surface area (Å²) in [6, 6.07) is 4.10. The zero-order valence-corrected chi connectivity index (χ0v) is 26.8. The van der Waals surface area contributed by atoms with Gasteiger partial charge in [-0.2, -0.15) is 0 Å². The van der Waals surface area contributed by atoms with E-state index in [-0.39, 0.29) is 11.7 Å². The summed E-state index contributed by atoms with van der Waals surface area (Å²) in [5, 5.41) is 0.988. The third kappa shape index (κ3) is 7.84. The summed E-state index contributed by atoms with van der Waals surface area (Å²) in [4.78, 5) is 18.5. The normalized spacial score (nSPS) is 22.2. The summed E-state index contributed by atoms with van der Waals surface area (Å²) in [5.74, 6) is 1.12. The first-order chi connectivity index (χ1) is 19.9. The average molecular weight is 610 g/mol. The van der Waals surface area contributed by atoms with Crippen LogP contribution in [0.1, 0.15) is 101 Å². The lowest BCUT2D eigenvalue weighted by Gasteiger charge is -2.53. The van der Waals surface area contributed by atoms with Crippen molar-refractivity contribution in [1.82, 2.24) is 9.88 Å². The van der Waals surface area contributed by atoms with Crippen molar-refractivity contribution in [2.24, 2.45) is 5.92 Å². The van der Waals surface area contributed by atoms with Crippen LogP contribution < -0.4 is 23.4 Å². The van der Waals surface area contributed by atoms with Crippen LogP contribution in [0.3, 0.4) is 0 Å². The van der Waals surface area contributed by atoms with Crippen molar-refractivity contribution in [2.75, 3.05) is 32.8 Å². The van der Waals surface area contributed by atoms with Gasteiger partial charge in [0.05, 0.1) is 12.2 Å². The van der Waals surface area contributed by atoms with Gasteiger partial charge in [-0.3, -0.25) is 4.90 Å². The van der Waals surface area contributed by atoms with Crippen molar-refractivity contribution in [2.45, 2.75) is 98.6 Å². The molecule has 0 aliphatic carbocycles. The maximum atomic E-state index is 12.6. The summed E-state index contributed by atoms with van der Waals surface area (Å²) in [5.41, 5.74) is 5.14. The average Bonchev–Trinajstić information content (AvgIpc) is 3.31. The van der Waals surface area contributed by atoms with Gasteiger partial charge in [0, 0.05) is 53.9 Å². The van der Waals surface area contributed by atoms with E-state index in [1.807, 2.05) is 19.9 Å². The molecular formula is C31H48ClN3O7. The van der Waals surface area contributed by atoms with Gasteiger partial charge in [0.2, 0.25) is 0 Å². The molecule has 11 heteroatoms. The van der Waals surface area contributed by atoms with Gasteiger partial charge in [0.1, 0.15) is 18.8 Å². The molecule has 1 N–H and O–H groups in total. The number of nitrogens with one attached hydrogen (secondary N) is 1. The molecule has 1 aromatic carbocycles. The number of hydrogen-bond donors (Lipinski definition) is 1. The smallest absolute Gasteiger partial charge is 0.340 e. The molecule has 3 aliphatic rings. The van der Waals surface area contributed by atoms with Gasteiger partial charge < -0.3 is 14.5 Å². The first-order valence-corrected chi connectivity index (χ1v) is 16.6. The van der Waals surface area contributed by atoms with Gasteiger partial charge in [0.25, 0.3) is 0 Å². The standard InChI is InChI=1S/C22H30N2O3.C9H18N.ClHO4/c1-5-22-15(9-8-12-24(22)6-2)13-16-18(27-22)11-10-17-20(16)19(14(4)23-17)21(25)26-7-3;1-3-9-7-5-6-8-10(9)4-2;2-1(3,4)5/h10-11,15,23H,5-9,12-13H2,1-4H3;3-8H2,1-2H3;(H,2,3,4,5)/q;+1;/p-1. The fourth-order valence-electron chi connectivity index (χ4n) is 7.02. The highest BCUT2D eigenvalue weighted by atomic mass is 35.7. The molecule has 1 aromatic heterocycles. The Balaban J connectivity index is 0.000000266. The molecule has 236 valence electrons. The van der Waals surface area contributed by atoms with Crippen LogP contribution in [0, 0.1) is 23.1 Å². The lowest BCUT2D eigenvalue weighted by Crippen LogP contribution is -2.68. The van der Waals surface area contributed by atoms with Crippen molar-refractivity contribution in [3.63, 3.8) is 0 Å². The molecule has 2 atom stereocenters. The summed E-state index contributed by atoms with van der Waals surface area (Å²) in [6.07, 6.45) is 9.71. The largest absolute Gasteiger partial charge is 0.472 e. The third-order valence-electron chi connectivity index (χ3n) is 8.86. The quantitative estimate of drug-likeness (QED) is 0.384. The van der Waals surface area contributed by atoms with E-state index in [1.165, 1.54) is 45.2 Å². The number of nitrogens with zero attached hydrogens (tertiary/aromatic N) is 2. The fourth-order valence-corrected chi connectivity index (χ4v) is 7.02. The SMILES string of the molecule is CCC1=[N+](CC)CCCC1.CCOC(=O)c1c(C)[nH]c2ccc3c(c12)CC1CCCN(CC)C1(CC)O3.[O-][Cl+3]([O-])([O-])[O-]. The van der Waals surface area contributed by atoms with Crippen LogP contribution in [-0.4, -0.2) is 64.7 Å². The molecule has 1 saturated heterocycles. The predicted octanol–water partition coefficient (Wildman–Crippen LogP) is 1.72. The fraction of sp³-hybridized carbons (Fsp3) is 0.677. The Morgan fingerprint density at radius 1 is 1.14 bits per heavy atom. The van der Waals surface area contributed by atoms with Gasteiger partial charge in [-0.1, -0.05) is 20.8 Å². The van der Waals surface area contributed by atoms with Crippen molar-refractivity contribution in [3.8, 4) is 5.75 Å². The van der Waals surface area contributed by atoms with Crippen molar-refractivity contribution < 1.29 is 47.7 Å². The van der Waals surface area contributed by atoms with E-state index in [9.17, 15) is 4.79 Å². The van der Waals surface area contributed by atoms with E-state index < -0.39 is 10.2 Å². The second-order valence-electron chi connectivity index (χ2n) is 11.1. The molecule has 0 saturated carbocycles. The van der Waals surface area contributed by atoms with Crippen LogP contribution in [0.25, 0.3) is 10.9 Å². The Bertz CT molecular complexity index is 1220. The summed E-state index contributed by atoms with van der Waals surface area (Å²) >= 11 is 0. The highest BCUT2D eigenvalue weighted by Crippen LogP contribution is 2.48. The molecule has 10 nitrogen and oxygen atoms in total. The number of benzene rings is 1. The number of fused-ring (bicyclic) bond motifs is 4. The van der Waals surface area contributed by atoms with Crippen LogP contribution in [-0.2, 0) is 11.2 Å². The van der Waals surface area contributed by atoms with Gasteiger partial charge in [-0.15, -0.1) is 10.2 Å². The number of aryl methyl sites for hydroxylation is 1. The Morgan fingerprint density at radius 2 is 1.86 bits per heavy atom. The molecule has 2 aromatic rings. The molecule has 42 heavy (non-hydrogen) atoms. The number of hydrogen-bond acceptors (Lipinski definition) is 8. The molecule has 0 spiro atoms. The lowest BCUT2D eigenvalue weighted by molar-refractivity contribution is -2.00. The monoisotopic (exact) mass is 609 g/mol. The minimum absolute atomic E-state index is 0.219. The molecule has 1 fully saturated rings. The highest BCUT2D eigenvalue weighted by molar-refractivity contribution is 6.07. The zero-order valence-electron chi connectivity index (χ0n) is 26.1. The van der Waals surface area contributed by atoms with Crippen molar-refractivity contribution in [3.05, 3.63) is 29.0 Å². The number of ether oxygens (including phenoxy) is 2. The number of aromatic nitrogens is 1. The van der Waals surface area contributed by atoms with Crippen LogP contribution >= 0.6 is 0 Å². The number of aromatic amines is 1. The van der Waals surface area contributed by atoms with Gasteiger partial charge >= 0.3 is 5.97 Å². The minimum atomic E-state index is -4.94. The van der Waals surface area contributed by atoms with Gasteiger partial charge in [0.15, 0.2) is 11.4 Å². The predicted molar refractivity (Wildman–Crippen MR) is 151 cm³/mol. The van der Waals surface area contributed by atoms with Crippen LogP contribution in [0.2, 0.25) is 0 Å². The highest BCUT2D eigenvalue weighted by Gasteiger charge is 2.49. The number of halogens is 1. The van der Waals surface area contributed by atoms with E-state index in [2.05, 4.69) is 48.2 Å². The number of esters is 1. The number of piperidine rings is 1. The molecule has 0 amide bonds. The Hall–Kier alpha value is -2.21. The zero-order chi connectivity index (χ0) is 31.1. The van der Waals surface area contributed by atoms with Gasteiger partial charge in [-0.05, 0) is 71.6 Å². The Kier molecular flexibility index (Phi) is 12.2. The molecule has 0 radical (unpaired) electrons. The molecule has 2 unspecified atom stereocenters. The maximum Gasteiger partial charge on any atom is 0.340 e.